The molecule has 0 spiro atoms. The van der Waals surface area contributed by atoms with Crippen LogP contribution in [0.2, 0.25) is 0 Å². The molecule has 6 nitrogen and oxygen atoms in total. The Morgan fingerprint density at radius 3 is 2.56 bits per heavy atom. The fourth-order valence-corrected chi connectivity index (χ4v) is 3.06. The molecular weight excluding hydrogens is 338 g/mol. The van der Waals surface area contributed by atoms with Gasteiger partial charge in [0, 0.05) is 12.5 Å². The van der Waals surface area contributed by atoms with Gasteiger partial charge in [-0.25, -0.2) is 9.97 Å². The van der Waals surface area contributed by atoms with Gasteiger partial charge in [0.15, 0.2) is 11.2 Å². The second-order valence-corrected chi connectivity index (χ2v) is 6.31. The van der Waals surface area contributed by atoms with E-state index in [0.717, 1.165) is 33.6 Å². The minimum Gasteiger partial charge on any atom is -0.497 e. The summed E-state index contributed by atoms with van der Waals surface area (Å²) in [5.74, 6) is 1.77. The molecule has 0 unspecified atom stereocenters. The number of ether oxygens (including phenoxy) is 1. The molecule has 0 saturated carbocycles. The highest BCUT2D eigenvalue weighted by molar-refractivity contribution is 5.96. The monoisotopic (exact) mass is 366 g/mol. The number of rotatable bonds is 4. The standard InChI is InChI=1S/C21H27N5O/c1-9-12(3)19(13(4)15(6)27-8)26-20(22)17(11-23-10-2)18-14(5)24-16(7)25-21(18)26/h9,22H,6,10H2,1-5,7-8H3/p+1/b12-9-,19-13+. The van der Waals surface area contributed by atoms with Gasteiger partial charge in [0.2, 0.25) is 0 Å². The molecule has 2 heterocycles. The zero-order chi connectivity index (χ0) is 20.3. The molecule has 6 heteroatoms. The van der Waals surface area contributed by atoms with Crippen LogP contribution in [0.3, 0.4) is 0 Å². The third kappa shape index (κ3) is 3.59. The van der Waals surface area contributed by atoms with Crippen molar-refractivity contribution in [2.75, 3.05) is 19.4 Å². The first-order chi connectivity index (χ1) is 12.8. The van der Waals surface area contributed by atoms with Gasteiger partial charge < -0.3 is 10.5 Å². The Bertz CT molecular complexity index is 1030. The summed E-state index contributed by atoms with van der Waals surface area (Å²) in [7, 11) is 1.61. The highest BCUT2D eigenvalue weighted by atomic mass is 16.5. The number of nitrogens with zero attached hydrogens (tertiary/aromatic N) is 4. The SMILES string of the molecule is C=C(OC)/C(C)=C(\C(C)=C/C)n1c(N)c(C#[N+]CC)c2c(C)nc(C)nc21. The Morgan fingerprint density at radius 2 is 2.00 bits per heavy atom. The van der Waals surface area contributed by atoms with Crippen LogP contribution >= 0.6 is 0 Å². The Labute approximate surface area is 160 Å². The van der Waals surface area contributed by atoms with Crippen LogP contribution in [0.1, 0.15) is 44.8 Å². The van der Waals surface area contributed by atoms with E-state index in [-0.39, 0.29) is 0 Å². The van der Waals surface area contributed by atoms with Gasteiger partial charge in [-0.2, -0.15) is 0 Å². The van der Waals surface area contributed by atoms with Crippen molar-refractivity contribution >= 4 is 22.5 Å². The summed E-state index contributed by atoms with van der Waals surface area (Å²) in [5.41, 5.74) is 11.7. The molecule has 0 aromatic carbocycles. The first-order valence-electron chi connectivity index (χ1n) is 8.93. The number of aromatic nitrogens is 3. The van der Waals surface area contributed by atoms with Gasteiger partial charge in [0.05, 0.1) is 23.9 Å². The predicted octanol–water partition coefficient (Wildman–Crippen LogP) is 4.69. The summed E-state index contributed by atoms with van der Waals surface area (Å²) in [6.07, 6.45) is 2.03. The molecule has 0 bridgehead atoms. The second kappa shape index (κ2) is 8.09. The third-order valence-corrected chi connectivity index (χ3v) is 4.54. The number of methoxy groups -OCH3 is 1. The topological polar surface area (TPSA) is 70.3 Å². The smallest absolute Gasteiger partial charge is 0.315 e. The van der Waals surface area contributed by atoms with Gasteiger partial charge in [-0.05, 0) is 40.2 Å². The van der Waals surface area contributed by atoms with E-state index in [0.29, 0.717) is 29.5 Å². The van der Waals surface area contributed by atoms with Crippen molar-refractivity contribution in [1.82, 2.24) is 14.5 Å². The summed E-state index contributed by atoms with van der Waals surface area (Å²) < 4.78 is 7.31. The first kappa shape index (κ1) is 20.2. The molecule has 27 heavy (non-hydrogen) atoms. The van der Waals surface area contributed by atoms with Crippen molar-refractivity contribution in [3.8, 4) is 6.07 Å². The summed E-state index contributed by atoms with van der Waals surface area (Å²) in [6, 6.07) is 3.08. The molecule has 2 rings (SSSR count). The minimum absolute atomic E-state index is 0.518. The van der Waals surface area contributed by atoms with Gasteiger partial charge in [-0.1, -0.05) is 17.5 Å². The molecule has 0 radical (unpaired) electrons. The van der Waals surface area contributed by atoms with E-state index in [1.165, 1.54) is 0 Å². The quantitative estimate of drug-likeness (QED) is 0.629. The Hall–Kier alpha value is -3.07. The van der Waals surface area contributed by atoms with Crippen LogP contribution in [-0.2, 0) is 4.74 Å². The summed E-state index contributed by atoms with van der Waals surface area (Å²) >= 11 is 0. The number of nitrogen functional groups attached to an aromatic ring is 1. The summed E-state index contributed by atoms with van der Waals surface area (Å²) in [5, 5.41) is 0.854. The van der Waals surface area contributed by atoms with E-state index in [1.807, 2.05) is 52.2 Å². The molecule has 2 N–H and O–H groups in total. The molecule has 0 amide bonds. The summed E-state index contributed by atoms with van der Waals surface area (Å²) in [6.45, 7) is 16.4. The van der Waals surface area contributed by atoms with Crippen molar-refractivity contribution in [3.63, 3.8) is 0 Å². The normalized spacial score (nSPS) is 12.5. The molecule has 0 aliphatic heterocycles. The van der Waals surface area contributed by atoms with Gasteiger partial charge in [0.25, 0.3) is 6.54 Å². The van der Waals surface area contributed by atoms with Crippen LogP contribution in [0.4, 0.5) is 5.82 Å². The zero-order valence-corrected chi connectivity index (χ0v) is 17.3. The molecule has 0 saturated heterocycles. The van der Waals surface area contributed by atoms with Gasteiger partial charge in [-0.3, -0.25) is 4.57 Å². The maximum Gasteiger partial charge on any atom is 0.315 e. The number of hydrogen-bond donors (Lipinski definition) is 1. The van der Waals surface area contributed by atoms with Crippen molar-refractivity contribution in [2.45, 2.75) is 41.5 Å². The van der Waals surface area contributed by atoms with E-state index in [1.54, 1.807) is 7.11 Å². The molecule has 0 atom stereocenters. The predicted molar refractivity (Wildman–Crippen MR) is 113 cm³/mol. The summed E-state index contributed by atoms with van der Waals surface area (Å²) in [4.78, 5) is 13.5. The lowest BCUT2D eigenvalue weighted by atomic mass is 10.1. The maximum atomic E-state index is 6.59. The number of nitrogens with two attached hydrogens (primary N) is 1. The zero-order valence-electron chi connectivity index (χ0n) is 17.3. The van der Waals surface area contributed by atoms with Crippen LogP contribution in [0, 0.1) is 19.9 Å². The molecule has 142 valence electrons. The van der Waals surface area contributed by atoms with Crippen LogP contribution in [0.5, 0.6) is 0 Å². The second-order valence-electron chi connectivity index (χ2n) is 6.31. The van der Waals surface area contributed by atoms with Crippen LogP contribution in [0.15, 0.2) is 29.6 Å². The molecule has 2 aromatic rings. The number of aryl methyl sites for hydroxylation is 2. The van der Waals surface area contributed by atoms with E-state index >= 15 is 0 Å². The largest absolute Gasteiger partial charge is 0.497 e. The Balaban J connectivity index is 3.08. The number of fused-ring (bicyclic) bond motifs is 1. The third-order valence-electron chi connectivity index (χ3n) is 4.54. The van der Waals surface area contributed by atoms with Crippen LogP contribution in [0.25, 0.3) is 21.6 Å². The van der Waals surface area contributed by atoms with Crippen molar-refractivity contribution < 1.29 is 4.74 Å². The minimum atomic E-state index is 0.518. The average molecular weight is 366 g/mol. The van der Waals surface area contributed by atoms with E-state index in [9.17, 15) is 0 Å². The number of anilines is 1. The van der Waals surface area contributed by atoms with E-state index < -0.39 is 0 Å². The van der Waals surface area contributed by atoms with E-state index in [2.05, 4.69) is 27.5 Å². The average Bonchev–Trinajstić information content (AvgIpc) is 2.91. The lowest BCUT2D eigenvalue weighted by Gasteiger charge is -2.18. The molecular formula is C21H28N5O+. The molecule has 0 fully saturated rings. The number of allylic oxidation sites excluding steroid dienone is 4. The first-order valence-corrected chi connectivity index (χ1v) is 8.93. The molecule has 2 aromatic heterocycles. The van der Waals surface area contributed by atoms with Gasteiger partial charge in [-0.15, -0.1) is 0 Å². The Kier molecular flexibility index (Phi) is 6.06. The van der Waals surface area contributed by atoms with Crippen LogP contribution < -0.4 is 5.73 Å². The fraction of sp³-hybridized carbons (Fsp3) is 0.381. The van der Waals surface area contributed by atoms with Crippen LogP contribution in [-0.4, -0.2) is 28.2 Å². The van der Waals surface area contributed by atoms with Gasteiger partial charge >= 0.3 is 6.07 Å². The molecule has 0 aliphatic rings. The van der Waals surface area contributed by atoms with Crippen molar-refractivity contribution in [2.24, 2.45) is 0 Å². The lowest BCUT2D eigenvalue weighted by Crippen LogP contribution is -2.08. The van der Waals surface area contributed by atoms with Gasteiger partial charge in [0.1, 0.15) is 17.4 Å². The van der Waals surface area contributed by atoms with Crippen molar-refractivity contribution in [3.05, 3.63) is 51.5 Å². The fourth-order valence-electron chi connectivity index (χ4n) is 3.06. The molecule has 0 aliphatic carbocycles. The highest BCUT2D eigenvalue weighted by Crippen LogP contribution is 2.36. The lowest BCUT2D eigenvalue weighted by molar-refractivity contribution is 0.303. The number of hydrogen-bond acceptors (Lipinski definition) is 4. The van der Waals surface area contributed by atoms with Crippen molar-refractivity contribution in [1.29, 1.82) is 0 Å². The Morgan fingerprint density at radius 1 is 1.33 bits per heavy atom. The van der Waals surface area contributed by atoms with E-state index in [4.69, 9.17) is 10.5 Å². The highest BCUT2D eigenvalue weighted by Gasteiger charge is 2.25. The maximum absolute atomic E-state index is 6.59.